The van der Waals surface area contributed by atoms with Gasteiger partial charge in [-0.15, -0.1) is 35.7 Å². The summed E-state index contributed by atoms with van der Waals surface area (Å²) in [6.45, 7) is 71.3. The number of aryl methyl sites for hydroxylation is 14. The zero-order valence-corrected chi connectivity index (χ0v) is 97.6. The molecule has 0 spiro atoms. The van der Waals surface area contributed by atoms with Crippen LogP contribution in [0, 0.1) is 82.9 Å². The van der Waals surface area contributed by atoms with Gasteiger partial charge in [0.05, 0.1) is 70.8 Å². The molecule has 0 unspecified atom stereocenters. The van der Waals surface area contributed by atoms with Crippen LogP contribution in [0.5, 0.6) is 0 Å². The molecule has 21 nitrogen and oxygen atoms in total. The monoisotopic (exact) mass is 1950 g/mol. The Hall–Kier alpha value is -6.02. The van der Waals surface area contributed by atoms with Crippen LogP contribution in [0.3, 0.4) is 0 Å². The van der Waals surface area contributed by atoms with Crippen molar-refractivity contribution in [3.63, 3.8) is 0 Å². The number of nitrogens with zero attached hydrogens (tertiary/aromatic N) is 21. The van der Waals surface area contributed by atoms with Gasteiger partial charge in [-0.05, 0) is 218 Å². The first-order valence-corrected chi connectivity index (χ1v) is 59.3. The summed E-state index contributed by atoms with van der Waals surface area (Å²) in [5.74, 6) is 11.4. The molecule has 0 aromatic carbocycles. The van der Waals surface area contributed by atoms with Gasteiger partial charge >= 0.3 is 0 Å². The van der Waals surface area contributed by atoms with Crippen molar-refractivity contribution < 1.29 is 0 Å². The van der Waals surface area contributed by atoms with Crippen LogP contribution in [0.4, 0.5) is 0 Å². The molecule has 7 aromatic heterocycles. The molecular formula is C119H231N21. The first-order valence-electron chi connectivity index (χ1n) is 59.3. The van der Waals surface area contributed by atoms with Crippen LogP contribution in [0.1, 0.15) is 548 Å². The molecule has 0 radical (unpaired) electrons. The molecule has 21 heteroatoms. The van der Waals surface area contributed by atoms with E-state index < -0.39 is 0 Å². The van der Waals surface area contributed by atoms with E-state index in [0.29, 0.717) is 0 Å². The highest BCUT2D eigenvalue weighted by molar-refractivity contribution is 4.99. The number of hydrogen-bond acceptors (Lipinski definition) is 14. The van der Waals surface area contributed by atoms with Crippen molar-refractivity contribution in [3.8, 4) is 0 Å². The second-order valence-corrected chi connectivity index (χ2v) is 47.9. The summed E-state index contributed by atoms with van der Waals surface area (Å²) in [6.07, 6.45) is 86.2. The first kappa shape index (κ1) is 132. The van der Waals surface area contributed by atoms with Crippen LogP contribution in [-0.2, 0) is 90.8 Å². The molecule has 812 valence electrons. The molecule has 7 rings (SSSR count). The minimum atomic E-state index is 0.730. The van der Waals surface area contributed by atoms with Gasteiger partial charge in [0.1, 0.15) is 0 Å². The molecule has 0 aliphatic heterocycles. The lowest BCUT2D eigenvalue weighted by Crippen LogP contribution is -2.07. The summed E-state index contributed by atoms with van der Waals surface area (Å²) in [5, 5.41) is 58.4. The Morgan fingerprint density at radius 3 is 0.607 bits per heavy atom. The molecule has 0 atom stereocenters. The molecule has 0 saturated carbocycles. The third-order valence-corrected chi connectivity index (χ3v) is 26.5. The van der Waals surface area contributed by atoms with Gasteiger partial charge in [-0.3, -0.25) is 9.36 Å². The largest absolute Gasteiger partial charge is 0.252 e. The molecular weight excluding hydrogens is 1720 g/mol. The lowest BCUT2D eigenvalue weighted by Gasteiger charge is -2.08. The molecule has 0 fully saturated rings. The van der Waals surface area contributed by atoms with Crippen molar-refractivity contribution in [1.29, 1.82) is 0 Å². The van der Waals surface area contributed by atoms with Gasteiger partial charge in [0, 0.05) is 58.2 Å². The van der Waals surface area contributed by atoms with E-state index >= 15 is 0 Å². The van der Waals surface area contributed by atoms with Gasteiger partial charge in [0.25, 0.3) is 0 Å². The summed E-state index contributed by atoms with van der Waals surface area (Å²) in [5.41, 5.74) is 8.89. The van der Waals surface area contributed by atoms with Crippen LogP contribution in [0.25, 0.3) is 0 Å². The summed E-state index contributed by atoms with van der Waals surface area (Å²) >= 11 is 0. The molecule has 0 aliphatic rings. The highest BCUT2D eigenvalue weighted by atomic mass is 15.5. The fourth-order valence-corrected chi connectivity index (χ4v) is 17.3. The van der Waals surface area contributed by atoms with Gasteiger partial charge in [0.2, 0.25) is 0 Å². The zero-order chi connectivity index (χ0) is 104. The molecule has 140 heavy (non-hydrogen) atoms. The van der Waals surface area contributed by atoms with Crippen LogP contribution in [0.15, 0.2) is 43.4 Å². The average Bonchev–Trinajstić information content (AvgIpc) is 1.76. The number of aromatic nitrogens is 21. The standard InChI is InChI=1S/C18H35N3.5C17H33N3.C16H31N3/c1-16(2)11-9-7-5-6-8-10-14-21-15-18(19-20-21)13-12-17(3)4;2*1-15(2)10-6-5-7-12-17-14-18-19-20(17)13-9-8-11-16(3)4;2*1-15(2)10-7-5-6-8-13-20-17(14-18-19-20)12-9-11-16(3)4;1-15(2)10-8-6-5-7-9-11-17-14-18-19-20(17)13-12-16(3)4;1-14(2)9-5-6-11-16-13-19(18-17-16)12-8-7-10-15(3)4/h15-17H,5-14H2,1-4H3;5*14-16H,5-13H2,1-4H3;13-15H,5-12H2,1-4H3. The van der Waals surface area contributed by atoms with Gasteiger partial charge in [-0.1, -0.05) is 455 Å². The highest BCUT2D eigenvalue weighted by Crippen LogP contribution is 2.22. The Balaban J connectivity index is 0.000000817. The Bertz CT molecular complexity index is 3570. The van der Waals surface area contributed by atoms with E-state index in [1.165, 1.54) is 343 Å². The fraction of sp³-hybridized carbons (Fsp3) is 0.882. The second-order valence-electron chi connectivity index (χ2n) is 47.9. The number of hydrogen-bond donors (Lipinski definition) is 0. The van der Waals surface area contributed by atoms with Crippen molar-refractivity contribution in [1.82, 2.24) is 105 Å². The van der Waals surface area contributed by atoms with Crippen LogP contribution < -0.4 is 0 Å². The Kier molecular flexibility index (Phi) is 83.2. The van der Waals surface area contributed by atoms with Crippen LogP contribution in [-0.4, -0.2) is 105 Å². The number of rotatable bonds is 77. The van der Waals surface area contributed by atoms with E-state index in [0.717, 1.165) is 185 Å². The van der Waals surface area contributed by atoms with Crippen molar-refractivity contribution in [2.45, 2.75) is 599 Å². The van der Waals surface area contributed by atoms with Crippen LogP contribution >= 0.6 is 0 Å². The first-order chi connectivity index (χ1) is 67.1. The van der Waals surface area contributed by atoms with Gasteiger partial charge in [-0.2, -0.15) is 0 Å². The van der Waals surface area contributed by atoms with Crippen molar-refractivity contribution in [2.75, 3.05) is 0 Å². The van der Waals surface area contributed by atoms with Crippen molar-refractivity contribution in [3.05, 3.63) is 83.2 Å². The zero-order valence-electron chi connectivity index (χ0n) is 97.6. The molecule has 0 amide bonds. The maximum absolute atomic E-state index is 4.26. The Morgan fingerprint density at radius 2 is 0.336 bits per heavy atom. The quantitative estimate of drug-likeness (QED) is 0.0324. The summed E-state index contributed by atoms with van der Waals surface area (Å²) in [4.78, 5) is 0. The summed E-state index contributed by atoms with van der Waals surface area (Å²) < 4.78 is 14.6. The smallest absolute Gasteiger partial charge is 0.0827 e. The molecule has 7 heterocycles. The van der Waals surface area contributed by atoms with E-state index in [4.69, 9.17) is 0 Å². The van der Waals surface area contributed by atoms with E-state index in [-0.39, 0.29) is 0 Å². The Morgan fingerprint density at radius 1 is 0.157 bits per heavy atom. The average molecular weight is 1960 g/mol. The maximum Gasteiger partial charge on any atom is 0.0827 e. The maximum atomic E-state index is 4.26. The minimum absolute atomic E-state index is 0.730. The minimum Gasteiger partial charge on any atom is -0.252 e. The summed E-state index contributed by atoms with van der Waals surface area (Å²) in [7, 11) is 0. The normalized spacial score (nSPS) is 11.7. The van der Waals surface area contributed by atoms with Crippen molar-refractivity contribution in [2.24, 2.45) is 82.9 Å². The molecule has 0 bridgehead atoms. The summed E-state index contributed by atoms with van der Waals surface area (Å²) in [6, 6.07) is 0. The van der Waals surface area contributed by atoms with Crippen molar-refractivity contribution >= 4 is 0 Å². The molecule has 0 saturated heterocycles. The number of unbranched alkanes of at least 4 members (excludes halogenated alkanes) is 23. The van der Waals surface area contributed by atoms with E-state index in [2.05, 4.69) is 302 Å². The molecule has 0 N–H and O–H groups in total. The second kappa shape index (κ2) is 88.3. The predicted molar refractivity (Wildman–Crippen MR) is 600 cm³/mol. The Labute approximate surface area is 865 Å². The third kappa shape index (κ3) is 81.2. The van der Waals surface area contributed by atoms with Gasteiger partial charge in [0.15, 0.2) is 0 Å². The SMILES string of the molecule is CC(C)CCCCCCCCn1cc(CCC(C)C)nn1.CC(C)CCCCCCCc1cnnn1CCC(C)C.CC(C)CCCCCCn1nncc1CCCC(C)C.CC(C)CCCCCCn1nncc1CCCC(C)C.CC(C)CCCCCc1cnnn1CCCCC(C)C.CC(C)CCCCCc1cnnn1CCCCC(C)C.CC(C)CCCCc1cn(CCCCC(C)C)nn1. The van der Waals surface area contributed by atoms with E-state index in [1.54, 1.807) is 0 Å². The van der Waals surface area contributed by atoms with Crippen LogP contribution in [0.2, 0.25) is 0 Å². The highest BCUT2D eigenvalue weighted by Gasteiger charge is 2.14. The van der Waals surface area contributed by atoms with E-state index in [1.807, 2.05) is 40.3 Å². The predicted octanol–water partition coefficient (Wildman–Crippen LogP) is 34.0. The lowest BCUT2D eigenvalue weighted by atomic mass is 10.0. The molecule has 7 aromatic rings. The topological polar surface area (TPSA) is 215 Å². The van der Waals surface area contributed by atoms with Gasteiger partial charge in [-0.25, -0.2) is 23.4 Å². The lowest BCUT2D eigenvalue weighted by molar-refractivity contribution is 0.462. The molecule has 0 aliphatic carbocycles. The van der Waals surface area contributed by atoms with E-state index in [9.17, 15) is 0 Å². The third-order valence-electron chi connectivity index (χ3n) is 26.5. The van der Waals surface area contributed by atoms with Gasteiger partial charge < -0.3 is 0 Å². The fourth-order valence-electron chi connectivity index (χ4n) is 17.3.